The summed E-state index contributed by atoms with van der Waals surface area (Å²) in [6.07, 6.45) is 1.54. The van der Waals surface area contributed by atoms with E-state index < -0.39 is 0 Å². The standard InChI is InChI=1S/C18H12N2O/c1-13-4-2-3-5-17(13)18(21)16(12-20)10-14-6-8-15(11-19)9-7-14/h2-10H,1H3/b16-10+. The maximum atomic E-state index is 12.4. The molecule has 2 aromatic carbocycles. The van der Waals surface area contributed by atoms with Gasteiger partial charge < -0.3 is 0 Å². The second-order valence-electron chi connectivity index (χ2n) is 4.55. The van der Waals surface area contributed by atoms with E-state index in [9.17, 15) is 10.1 Å². The molecule has 0 fully saturated rings. The number of carbonyl (C=O) groups is 1. The van der Waals surface area contributed by atoms with E-state index in [0.29, 0.717) is 16.7 Å². The lowest BCUT2D eigenvalue weighted by atomic mass is 9.98. The highest BCUT2D eigenvalue weighted by Gasteiger charge is 2.13. The SMILES string of the molecule is Cc1ccccc1C(=O)/C(C#N)=C/c1ccc(C#N)cc1. The second kappa shape index (κ2) is 6.32. The Bertz CT molecular complexity index is 787. The minimum Gasteiger partial charge on any atom is -0.288 e. The first-order chi connectivity index (χ1) is 10.2. The molecule has 0 spiro atoms. The largest absolute Gasteiger partial charge is 0.288 e. The van der Waals surface area contributed by atoms with Crippen molar-refractivity contribution in [3.63, 3.8) is 0 Å². The van der Waals surface area contributed by atoms with Crippen LogP contribution in [0.5, 0.6) is 0 Å². The second-order valence-corrected chi connectivity index (χ2v) is 4.55. The van der Waals surface area contributed by atoms with E-state index in [1.165, 1.54) is 6.08 Å². The summed E-state index contributed by atoms with van der Waals surface area (Å²) in [6, 6.07) is 17.9. The molecule has 21 heavy (non-hydrogen) atoms. The van der Waals surface area contributed by atoms with Crippen molar-refractivity contribution < 1.29 is 4.79 Å². The summed E-state index contributed by atoms with van der Waals surface area (Å²) in [5.74, 6) is -0.292. The van der Waals surface area contributed by atoms with Gasteiger partial charge in [0, 0.05) is 5.56 Å². The third kappa shape index (κ3) is 3.23. The third-order valence-electron chi connectivity index (χ3n) is 3.11. The molecule has 0 bridgehead atoms. The molecule has 0 unspecified atom stereocenters. The predicted molar refractivity (Wildman–Crippen MR) is 80.3 cm³/mol. The Morgan fingerprint density at radius 3 is 2.29 bits per heavy atom. The molecule has 0 aliphatic heterocycles. The van der Waals surface area contributed by atoms with Crippen LogP contribution in [0.15, 0.2) is 54.1 Å². The van der Waals surface area contributed by atoms with Gasteiger partial charge in [0.15, 0.2) is 0 Å². The lowest BCUT2D eigenvalue weighted by molar-refractivity contribution is 0.103. The van der Waals surface area contributed by atoms with Gasteiger partial charge in [-0.1, -0.05) is 36.4 Å². The number of nitriles is 2. The number of benzene rings is 2. The lowest BCUT2D eigenvalue weighted by Crippen LogP contribution is -2.04. The van der Waals surface area contributed by atoms with Crippen LogP contribution in [0.25, 0.3) is 6.08 Å². The lowest BCUT2D eigenvalue weighted by Gasteiger charge is -2.03. The quantitative estimate of drug-likeness (QED) is 0.486. The molecule has 3 heteroatoms. The number of ketones is 1. The zero-order valence-corrected chi connectivity index (χ0v) is 11.5. The highest BCUT2D eigenvalue weighted by Crippen LogP contribution is 2.16. The Morgan fingerprint density at radius 2 is 1.71 bits per heavy atom. The number of Topliss-reactive ketones (excluding diaryl/α,β-unsaturated/α-hetero) is 1. The van der Waals surface area contributed by atoms with Gasteiger partial charge in [-0.2, -0.15) is 10.5 Å². The maximum absolute atomic E-state index is 12.4. The Labute approximate surface area is 123 Å². The van der Waals surface area contributed by atoms with Crippen molar-refractivity contribution in [3.8, 4) is 12.1 Å². The predicted octanol–water partition coefficient (Wildman–Crippen LogP) is 3.66. The van der Waals surface area contributed by atoms with Gasteiger partial charge in [0.2, 0.25) is 5.78 Å². The van der Waals surface area contributed by atoms with E-state index in [4.69, 9.17) is 5.26 Å². The highest BCUT2D eigenvalue weighted by molar-refractivity contribution is 6.14. The van der Waals surface area contributed by atoms with Crippen LogP contribution in [0, 0.1) is 29.6 Å². The average Bonchev–Trinajstić information content (AvgIpc) is 2.53. The van der Waals surface area contributed by atoms with E-state index >= 15 is 0 Å². The van der Waals surface area contributed by atoms with Gasteiger partial charge >= 0.3 is 0 Å². The zero-order chi connectivity index (χ0) is 15.2. The molecule has 0 N–H and O–H groups in total. The fraction of sp³-hybridized carbons (Fsp3) is 0.0556. The average molecular weight is 272 g/mol. The molecule has 0 saturated carbocycles. The topological polar surface area (TPSA) is 64.7 Å². The minimum atomic E-state index is -0.292. The molecule has 0 aromatic heterocycles. The van der Waals surface area contributed by atoms with Crippen LogP contribution in [-0.4, -0.2) is 5.78 Å². The fourth-order valence-corrected chi connectivity index (χ4v) is 1.94. The van der Waals surface area contributed by atoms with Crippen LogP contribution in [0.1, 0.15) is 27.0 Å². The fourth-order valence-electron chi connectivity index (χ4n) is 1.94. The Morgan fingerprint density at radius 1 is 1.05 bits per heavy atom. The van der Waals surface area contributed by atoms with Gasteiger partial charge in [-0.3, -0.25) is 4.79 Å². The molecule has 0 aliphatic rings. The Hall–Kier alpha value is -3.17. The van der Waals surface area contributed by atoms with Gasteiger partial charge in [0.25, 0.3) is 0 Å². The number of allylic oxidation sites excluding steroid dienone is 1. The minimum absolute atomic E-state index is 0.0778. The van der Waals surface area contributed by atoms with E-state index in [2.05, 4.69) is 0 Å². The van der Waals surface area contributed by atoms with Crippen LogP contribution < -0.4 is 0 Å². The number of aryl methyl sites for hydroxylation is 1. The molecule has 0 heterocycles. The molecule has 0 amide bonds. The van der Waals surface area contributed by atoms with Crippen LogP contribution in [0.4, 0.5) is 0 Å². The first-order valence-corrected chi connectivity index (χ1v) is 6.38. The van der Waals surface area contributed by atoms with E-state index in [1.807, 2.05) is 31.2 Å². The molecular formula is C18H12N2O. The normalized spacial score (nSPS) is 10.5. The van der Waals surface area contributed by atoms with Gasteiger partial charge in [-0.05, 0) is 36.3 Å². The molecule has 0 saturated heterocycles. The zero-order valence-electron chi connectivity index (χ0n) is 11.5. The van der Waals surface area contributed by atoms with E-state index in [0.717, 1.165) is 5.56 Å². The summed E-state index contributed by atoms with van der Waals surface area (Å²) in [4.78, 5) is 12.4. The van der Waals surface area contributed by atoms with Crippen LogP contribution in [0.2, 0.25) is 0 Å². The summed E-state index contributed by atoms with van der Waals surface area (Å²) in [7, 11) is 0. The first kappa shape index (κ1) is 14.2. The maximum Gasteiger partial charge on any atom is 0.203 e. The number of carbonyl (C=O) groups excluding carboxylic acids is 1. The van der Waals surface area contributed by atoms with Gasteiger partial charge in [-0.15, -0.1) is 0 Å². The monoisotopic (exact) mass is 272 g/mol. The van der Waals surface area contributed by atoms with Crippen molar-refractivity contribution in [1.29, 1.82) is 10.5 Å². The molecule has 0 aliphatic carbocycles. The molecule has 2 aromatic rings. The summed E-state index contributed by atoms with van der Waals surface area (Å²) < 4.78 is 0. The van der Waals surface area contributed by atoms with Crippen molar-refractivity contribution in [1.82, 2.24) is 0 Å². The number of nitrogens with zero attached hydrogens (tertiary/aromatic N) is 2. The third-order valence-corrected chi connectivity index (χ3v) is 3.11. The number of rotatable bonds is 3. The van der Waals surface area contributed by atoms with Crippen molar-refractivity contribution >= 4 is 11.9 Å². The van der Waals surface area contributed by atoms with E-state index in [-0.39, 0.29) is 11.4 Å². The summed E-state index contributed by atoms with van der Waals surface area (Å²) in [5.41, 5.74) is 2.69. The molecule has 0 atom stereocenters. The van der Waals surface area contributed by atoms with Crippen molar-refractivity contribution in [2.24, 2.45) is 0 Å². The smallest absolute Gasteiger partial charge is 0.203 e. The van der Waals surface area contributed by atoms with Crippen molar-refractivity contribution in [2.75, 3.05) is 0 Å². The Balaban J connectivity index is 2.37. The summed E-state index contributed by atoms with van der Waals surface area (Å²) >= 11 is 0. The summed E-state index contributed by atoms with van der Waals surface area (Å²) in [5, 5.41) is 18.0. The van der Waals surface area contributed by atoms with Crippen molar-refractivity contribution in [3.05, 3.63) is 76.4 Å². The molecule has 3 nitrogen and oxygen atoms in total. The number of hydrogen-bond donors (Lipinski definition) is 0. The molecular weight excluding hydrogens is 260 g/mol. The van der Waals surface area contributed by atoms with Gasteiger partial charge in [0.05, 0.1) is 11.6 Å². The Kier molecular flexibility index (Phi) is 4.29. The number of hydrogen-bond acceptors (Lipinski definition) is 3. The molecule has 100 valence electrons. The van der Waals surface area contributed by atoms with Gasteiger partial charge in [0.1, 0.15) is 11.6 Å². The first-order valence-electron chi connectivity index (χ1n) is 6.38. The van der Waals surface area contributed by atoms with E-state index in [1.54, 1.807) is 36.4 Å². The molecule has 0 radical (unpaired) electrons. The van der Waals surface area contributed by atoms with Crippen LogP contribution in [0.3, 0.4) is 0 Å². The highest BCUT2D eigenvalue weighted by atomic mass is 16.1. The van der Waals surface area contributed by atoms with Crippen molar-refractivity contribution in [2.45, 2.75) is 6.92 Å². The summed E-state index contributed by atoms with van der Waals surface area (Å²) in [6.45, 7) is 1.84. The van der Waals surface area contributed by atoms with Crippen LogP contribution in [-0.2, 0) is 0 Å². The van der Waals surface area contributed by atoms with Gasteiger partial charge in [-0.25, -0.2) is 0 Å². The van der Waals surface area contributed by atoms with Crippen LogP contribution >= 0.6 is 0 Å². The molecule has 2 rings (SSSR count).